The summed E-state index contributed by atoms with van der Waals surface area (Å²) in [5, 5.41) is 16.4. The number of hydrogen-bond acceptors (Lipinski definition) is 6. The van der Waals surface area contributed by atoms with Gasteiger partial charge in [-0.25, -0.2) is 4.98 Å². The van der Waals surface area contributed by atoms with Gasteiger partial charge in [-0.05, 0) is 19.9 Å². The van der Waals surface area contributed by atoms with Crippen molar-refractivity contribution in [2.45, 2.75) is 20.0 Å². The molecule has 0 amide bonds. The molecule has 1 unspecified atom stereocenters. The van der Waals surface area contributed by atoms with Crippen LogP contribution in [0, 0.1) is 6.92 Å². The van der Waals surface area contributed by atoms with Gasteiger partial charge in [-0.1, -0.05) is 0 Å². The van der Waals surface area contributed by atoms with Crippen molar-refractivity contribution in [3.63, 3.8) is 0 Å². The number of aliphatic hydroxyl groups excluding tert-OH is 1. The third-order valence-corrected chi connectivity index (χ3v) is 3.25. The zero-order chi connectivity index (χ0) is 12.4. The molecule has 92 valence electrons. The fourth-order valence-corrected chi connectivity index (χ4v) is 2.41. The second-order valence-corrected chi connectivity index (χ2v) is 5.19. The Morgan fingerprint density at radius 2 is 2.24 bits per heavy atom. The van der Waals surface area contributed by atoms with E-state index in [4.69, 9.17) is 0 Å². The molecule has 0 aliphatic rings. The van der Waals surface area contributed by atoms with E-state index in [1.54, 1.807) is 25.3 Å². The van der Waals surface area contributed by atoms with E-state index in [0.29, 0.717) is 12.5 Å². The van der Waals surface area contributed by atoms with Gasteiger partial charge in [0.1, 0.15) is 10.6 Å². The number of fused-ring (bicyclic) bond motifs is 1. The molecule has 5 nitrogen and oxygen atoms in total. The molecule has 0 saturated heterocycles. The molecule has 6 heteroatoms. The maximum Gasteiger partial charge on any atom is 0.225 e. The third-order valence-electron chi connectivity index (χ3n) is 2.30. The summed E-state index contributed by atoms with van der Waals surface area (Å²) in [6.45, 7) is 4.26. The quantitative estimate of drug-likeness (QED) is 0.774. The van der Waals surface area contributed by atoms with E-state index >= 15 is 0 Å². The van der Waals surface area contributed by atoms with Gasteiger partial charge >= 0.3 is 0 Å². The topological polar surface area (TPSA) is 70.1 Å². The summed E-state index contributed by atoms with van der Waals surface area (Å²) in [6, 6.07) is 2.06. The van der Waals surface area contributed by atoms with Gasteiger partial charge in [0.25, 0.3) is 0 Å². The summed E-state index contributed by atoms with van der Waals surface area (Å²) >= 11 is 1.64. The van der Waals surface area contributed by atoms with Crippen LogP contribution in [0.2, 0.25) is 0 Å². The van der Waals surface area contributed by atoms with E-state index in [-0.39, 0.29) is 0 Å². The van der Waals surface area contributed by atoms with Gasteiger partial charge in [0.05, 0.1) is 11.5 Å². The zero-order valence-electron chi connectivity index (χ0n) is 10.1. The number of aliphatic hydroxyl groups is 1. The first-order valence-electron chi connectivity index (χ1n) is 5.48. The maximum atomic E-state index is 9.30. The lowest BCUT2D eigenvalue weighted by Gasteiger charge is -2.09. The molecule has 2 rings (SSSR count). The molecule has 0 fully saturated rings. The zero-order valence-corrected chi connectivity index (χ0v) is 10.9. The Bertz CT molecular complexity index is 523. The summed E-state index contributed by atoms with van der Waals surface area (Å²) in [5.74, 6) is 1.36. The molecule has 17 heavy (non-hydrogen) atoms. The van der Waals surface area contributed by atoms with E-state index in [2.05, 4.69) is 26.7 Å². The molecule has 0 saturated carbocycles. The van der Waals surface area contributed by atoms with Gasteiger partial charge in [-0.15, -0.1) is 11.3 Å². The van der Waals surface area contributed by atoms with Crippen LogP contribution in [-0.2, 0) is 0 Å². The second kappa shape index (κ2) is 4.85. The fraction of sp³-hybridized carbons (Fsp3) is 0.455. The maximum absolute atomic E-state index is 9.30. The lowest BCUT2D eigenvalue weighted by atomic mass is 10.3. The van der Waals surface area contributed by atoms with E-state index < -0.39 is 6.10 Å². The second-order valence-electron chi connectivity index (χ2n) is 3.95. The van der Waals surface area contributed by atoms with Crippen LogP contribution in [0.15, 0.2) is 6.07 Å². The van der Waals surface area contributed by atoms with Crippen molar-refractivity contribution in [3.05, 3.63) is 10.9 Å². The van der Waals surface area contributed by atoms with Gasteiger partial charge < -0.3 is 15.7 Å². The van der Waals surface area contributed by atoms with Crippen LogP contribution in [-0.4, -0.2) is 34.8 Å². The highest BCUT2D eigenvalue weighted by Crippen LogP contribution is 2.29. The molecule has 1 atom stereocenters. The van der Waals surface area contributed by atoms with Crippen molar-refractivity contribution in [2.75, 3.05) is 24.2 Å². The first kappa shape index (κ1) is 12.1. The summed E-state index contributed by atoms with van der Waals surface area (Å²) in [5.41, 5.74) is 0. The van der Waals surface area contributed by atoms with Crippen molar-refractivity contribution in [2.24, 2.45) is 0 Å². The standard InChI is InChI=1S/C11H16N4OS/c1-6(16)5-13-9-8-4-7(2)17-10(8)15-11(12-3)14-9/h4,6,16H,5H2,1-3H3,(H2,12,13,14,15). The number of aryl methyl sites for hydroxylation is 1. The Labute approximate surface area is 104 Å². The van der Waals surface area contributed by atoms with Gasteiger partial charge in [-0.2, -0.15) is 4.98 Å². The van der Waals surface area contributed by atoms with Crippen LogP contribution >= 0.6 is 11.3 Å². The number of hydrogen-bond donors (Lipinski definition) is 3. The van der Waals surface area contributed by atoms with E-state index in [0.717, 1.165) is 16.0 Å². The van der Waals surface area contributed by atoms with E-state index in [9.17, 15) is 5.11 Å². The molecule has 0 radical (unpaired) electrons. The Morgan fingerprint density at radius 1 is 1.47 bits per heavy atom. The largest absolute Gasteiger partial charge is 0.392 e. The molecule has 0 aliphatic heterocycles. The van der Waals surface area contributed by atoms with E-state index in [1.807, 2.05) is 6.92 Å². The Morgan fingerprint density at radius 3 is 2.88 bits per heavy atom. The lowest BCUT2D eigenvalue weighted by Crippen LogP contribution is -2.16. The van der Waals surface area contributed by atoms with E-state index in [1.165, 1.54) is 4.88 Å². The van der Waals surface area contributed by atoms with Gasteiger partial charge in [0.15, 0.2) is 0 Å². The molecular weight excluding hydrogens is 236 g/mol. The number of nitrogens with zero attached hydrogens (tertiary/aromatic N) is 2. The van der Waals surface area contributed by atoms with Crippen LogP contribution in [0.4, 0.5) is 11.8 Å². The number of thiophene rings is 1. The molecule has 3 N–H and O–H groups in total. The van der Waals surface area contributed by atoms with Crippen LogP contribution in [0.1, 0.15) is 11.8 Å². The predicted octanol–water partition coefficient (Wildman–Crippen LogP) is 1.83. The monoisotopic (exact) mass is 252 g/mol. The number of nitrogens with one attached hydrogen (secondary N) is 2. The number of anilines is 2. The first-order chi connectivity index (χ1) is 8.10. The predicted molar refractivity (Wildman–Crippen MR) is 71.9 cm³/mol. The highest BCUT2D eigenvalue weighted by atomic mass is 32.1. The molecule has 2 aromatic rings. The smallest absolute Gasteiger partial charge is 0.225 e. The molecule has 0 bridgehead atoms. The molecule has 2 aromatic heterocycles. The summed E-state index contributed by atoms with van der Waals surface area (Å²) in [6.07, 6.45) is -0.405. The normalized spacial score (nSPS) is 12.7. The molecule has 0 spiro atoms. The van der Waals surface area contributed by atoms with Gasteiger partial charge in [0, 0.05) is 18.5 Å². The van der Waals surface area contributed by atoms with Crippen molar-refractivity contribution in [1.29, 1.82) is 0 Å². The van der Waals surface area contributed by atoms with Crippen LogP contribution in [0.3, 0.4) is 0 Å². The summed E-state index contributed by atoms with van der Waals surface area (Å²) < 4.78 is 0. The van der Waals surface area contributed by atoms with Crippen LogP contribution in [0.5, 0.6) is 0 Å². The van der Waals surface area contributed by atoms with Crippen LogP contribution < -0.4 is 10.6 Å². The minimum atomic E-state index is -0.405. The number of rotatable bonds is 4. The molecule has 0 aliphatic carbocycles. The summed E-state index contributed by atoms with van der Waals surface area (Å²) in [4.78, 5) is 10.9. The van der Waals surface area contributed by atoms with Crippen molar-refractivity contribution in [1.82, 2.24) is 9.97 Å². The average Bonchev–Trinajstić information content (AvgIpc) is 2.65. The van der Waals surface area contributed by atoms with Gasteiger partial charge in [-0.3, -0.25) is 0 Å². The molecule has 0 aromatic carbocycles. The Balaban J connectivity index is 2.43. The fourth-order valence-electron chi connectivity index (χ4n) is 1.53. The average molecular weight is 252 g/mol. The number of aromatic nitrogens is 2. The summed E-state index contributed by atoms with van der Waals surface area (Å²) in [7, 11) is 1.79. The Kier molecular flexibility index (Phi) is 3.44. The highest BCUT2D eigenvalue weighted by Gasteiger charge is 2.10. The third kappa shape index (κ3) is 2.65. The minimum absolute atomic E-state index is 0.405. The first-order valence-corrected chi connectivity index (χ1v) is 6.29. The minimum Gasteiger partial charge on any atom is -0.392 e. The molecular formula is C11H16N4OS. The molecule has 2 heterocycles. The SMILES string of the molecule is CNc1nc(NCC(C)O)c2cc(C)sc2n1. The van der Waals surface area contributed by atoms with Crippen molar-refractivity contribution < 1.29 is 5.11 Å². The van der Waals surface area contributed by atoms with Crippen LogP contribution in [0.25, 0.3) is 10.2 Å². The Hall–Kier alpha value is -1.40. The lowest BCUT2D eigenvalue weighted by molar-refractivity contribution is 0.208. The highest BCUT2D eigenvalue weighted by molar-refractivity contribution is 7.18. The van der Waals surface area contributed by atoms with Crippen molar-refractivity contribution in [3.8, 4) is 0 Å². The van der Waals surface area contributed by atoms with Crippen molar-refractivity contribution >= 4 is 33.3 Å². The van der Waals surface area contributed by atoms with Gasteiger partial charge in [0.2, 0.25) is 5.95 Å².